The van der Waals surface area contributed by atoms with Crippen LogP contribution in [0.5, 0.6) is 0 Å². The van der Waals surface area contributed by atoms with Gasteiger partial charge in [-0.15, -0.1) is 0 Å². The van der Waals surface area contributed by atoms with E-state index in [1.165, 1.54) is 11.6 Å². The molecule has 132 valence electrons. The summed E-state index contributed by atoms with van der Waals surface area (Å²) in [5.74, 6) is 0.570. The molecule has 0 radical (unpaired) electrons. The quantitative estimate of drug-likeness (QED) is 0.783. The van der Waals surface area contributed by atoms with Gasteiger partial charge in [0.05, 0.1) is 18.9 Å². The average molecular weight is 348 g/mol. The Kier molecular flexibility index (Phi) is 4.86. The van der Waals surface area contributed by atoms with E-state index >= 15 is 0 Å². The maximum atomic E-state index is 12.1. The molecule has 4 rings (SSSR count). The molecule has 1 aromatic carbocycles. The molecular formula is C20H20N4O2. The van der Waals surface area contributed by atoms with Crippen molar-refractivity contribution in [3.05, 3.63) is 70.8 Å². The first-order chi connectivity index (χ1) is 12.8. The molecule has 3 aromatic rings. The third kappa shape index (κ3) is 3.87. The molecule has 1 saturated heterocycles. The fourth-order valence-corrected chi connectivity index (χ4v) is 3.09. The molecule has 3 heterocycles. The summed E-state index contributed by atoms with van der Waals surface area (Å²) >= 11 is 0. The van der Waals surface area contributed by atoms with Gasteiger partial charge in [-0.1, -0.05) is 18.2 Å². The van der Waals surface area contributed by atoms with Gasteiger partial charge >= 0.3 is 0 Å². The van der Waals surface area contributed by atoms with Crippen LogP contribution in [0.3, 0.4) is 0 Å². The van der Waals surface area contributed by atoms with Crippen LogP contribution in [0.1, 0.15) is 5.56 Å². The lowest BCUT2D eigenvalue weighted by molar-refractivity contribution is 0.0342. The van der Waals surface area contributed by atoms with Crippen molar-refractivity contribution in [1.29, 1.82) is 0 Å². The summed E-state index contributed by atoms with van der Waals surface area (Å²) < 4.78 is 5.40. The molecule has 0 aliphatic carbocycles. The normalized spacial score (nSPS) is 15.1. The van der Waals surface area contributed by atoms with Crippen molar-refractivity contribution in [2.75, 3.05) is 26.3 Å². The minimum absolute atomic E-state index is 0.174. The number of aromatic nitrogens is 3. The van der Waals surface area contributed by atoms with E-state index in [1.54, 1.807) is 12.4 Å². The molecule has 0 saturated carbocycles. The summed E-state index contributed by atoms with van der Waals surface area (Å²) in [6.45, 7) is 4.30. The Labute approximate surface area is 151 Å². The Morgan fingerprint density at radius 2 is 1.92 bits per heavy atom. The van der Waals surface area contributed by atoms with Gasteiger partial charge in [-0.3, -0.25) is 14.7 Å². The highest BCUT2D eigenvalue weighted by atomic mass is 16.5. The molecule has 0 unspecified atom stereocenters. The van der Waals surface area contributed by atoms with Gasteiger partial charge in [-0.05, 0) is 23.8 Å². The summed E-state index contributed by atoms with van der Waals surface area (Å²) in [5.41, 5.74) is 3.37. The second-order valence-electron chi connectivity index (χ2n) is 6.31. The van der Waals surface area contributed by atoms with E-state index in [0.29, 0.717) is 11.5 Å². The number of hydrogen-bond donors (Lipinski definition) is 1. The highest BCUT2D eigenvalue weighted by Gasteiger charge is 2.12. The van der Waals surface area contributed by atoms with Gasteiger partial charge in [-0.25, -0.2) is 4.98 Å². The van der Waals surface area contributed by atoms with Crippen LogP contribution in [-0.2, 0) is 11.3 Å². The number of pyridine rings is 1. The van der Waals surface area contributed by atoms with Crippen LogP contribution in [0.2, 0.25) is 0 Å². The number of benzene rings is 1. The largest absolute Gasteiger partial charge is 0.379 e. The number of morpholine rings is 1. The molecular weight excluding hydrogens is 328 g/mol. The van der Waals surface area contributed by atoms with Crippen molar-refractivity contribution >= 4 is 0 Å². The van der Waals surface area contributed by atoms with Gasteiger partial charge in [0.25, 0.3) is 5.56 Å². The van der Waals surface area contributed by atoms with Crippen LogP contribution in [0.25, 0.3) is 22.6 Å². The summed E-state index contributed by atoms with van der Waals surface area (Å²) in [4.78, 5) is 26.1. The topological polar surface area (TPSA) is 71.1 Å². The van der Waals surface area contributed by atoms with E-state index in [9.17, 15) is 4.79 Å². The number of hydrogen-bond acceptors (Lipinski definition) is 5. The average Bonchev–Trinajstić information content (AvgIpc) is 2.69. The molecule has 6 heteroatoms. The first-order valence-corrected chi connectivity index (χ1v) is 8.69. The first-order valence-electron chi connectivity index (χ1n) is 8.69. The summed E-state index contributed by atoms with van der Waals surface area (Å²) in [6, 6.07) is 13.4. The lowest BCUT2D eigenvalue weighted by Crippen LogP contribution is -2.35. The lowest BCUT2D eigenvalue weighted by Gasteiger charge is -2.26. The molecule has 1 aliphatic heterocycles. The van der Waals surface area contributed by atoms with Crippen LogP contribution in [0.15, 0.2) is 59.7 Å². The van der Waals surface area contributed by atoms with Crippen molar-refractivity contribution in [3.8, 4) is 22.6 Å². The van der Waals surface area contributed by atoms with Crippen molar-refractivity contribution in [2.45, 2.75) is 6.54 Å². The minimum atomic E-state index is -0.174. The van der Waals surface area contributed by atoms with Crippen LogP contribution < -0.4 is 5.56 Å². The third-order valence-corrected chi connectivity index (χ3v) is 4.41. The predicted molar refractivity (Wildman–Crippen MR) is 99.6 cm³/mol. The molecule has 0 atom stereocenters. The van der Waals surface area contributed by atoms with Gasteiger partial charge in [-0.2, -0.15) is 0 Å². The van der Waals surface area contributed by atoms with Crippen LogP contribution >= 0.6 is 0 Å². The van der Waals surface area contributed by atoms with Crippen molar-refractivity contribution in [1.82, 2.24) is 19.9 Å². The number of nitrogens with zero attached hydrogens (tertiary/aromatic N) is 3. The number of rotatable bonds is 4. The van der Waals surface area contributed by atoms with Crippen LogP contribution in [0.4, 0.5) is 0 Å². The van der Waals surface area contributed by atoms with E-state index in [2.05, 4.69) is 32.0 Å². The van der Waals surface area contributed by atoms with E-state index in [0.717, 1.165) is 44.0 Å². The molecule has 6 nitrogen and oxygen atoms in total. The van der Waals surface area contributed by atoms with Crippen LogP contribution in [-0.4, -0.2) is 46.2 Å². The van der Waals surface area contributed by atoms with Gasteiger partial charge in [0.15, 0.2) is 0 Å². The molecule has 1 fully saturated rings. The zero-order valence-electron chi connectivity index (χ0n) is 14.4. The Morgan fingerprint density at radius 3 is 2.73 bits per heavy atom. The third-order valence-electron chi connectivity index (χ3n) is 4.41. The minimum Gasteiger partial charge on any atom is -0.379 e. The Hall–Kier alpha value is -2.83. The molecule has 0 spiro atoms. The molecule has 1 aliphatic rings. The van der Waals surface area contributed by atoms with E-state index in [1.807, 2.05) is 24.3 Å². The number of H-pyrrole nitrogens is 1. The Balaban J connectivity index is 1.64. The summed E-state index contributed by atoms with van der Waals surface area (Å²) in [6.07, 6.45) is 3.41. The van der Waals surface area contributed by atoms with Gasteiger partial charge < -0.3 is 9.72 Å². The van der Waals surface area contributed by atoms with E-state index in [-0.39, 0.29) is 5.56 Å². The molecule has 0 amide bonds. The van der Waals surface area contributed by atoms with Crippen molar-refractivity contribution < 1.29 is 4.74 Å². The molecule has 0 bridgehead atoms. The molecule has 26 heavy (non-hydrogen) atoms. The molecule has 1 N–H and O–H groups in total. The summed E-state index contributed by atoms with van der Waals surface area (Å²) in [5, 5.41) is 0. The Morgan fingerprint density at radius 1 is 1.08 bits per heavy atom. The van der Waals surface area contributed by atoms with E-state index < -0.39 is 0 Å². The van der Waals surface area contributed by atoms with Crippen molar-refractivity contribution in [3.63, 3.8) is 0 Å². The second-order valence-corrected chi connectivity index (χ2v) is 6.31. The monoisotopic (exact) mass is 348 g/mol. The zero-order chi connectivity index (χ0) is 17.8. The number of nitrogens with one attached hydrogen (secondary N) is 1. The maximum Gasteiger partial charge on any atom is 0.251 e. The highest BCUT2D eigenvalue weighted by Crippen LogP contribution is 2.20. The second kappa shape index (κ2) is 7.59. The molecule has 2 aromatic heterocycles. The Bertz CT molecular complexity index is 934. The fourth-order valence-electron chi connectivity index (χ4n) is 3.09. The lowest BCUT2D eigenvalue weighted by atomic mass is 10.1. The smallest absolute Gasteiger partial charge is 0.251 e. The maximum absolute atomic E-state index is 12.1. The highest BCUT2D eigenvalue weighted by molar-refractivity contribution is 5.63. The van der Waals surface area contributed by atoms with Crippen molar-refractivity contribution in [2.24, 2.45) is 0 Å². The zero-order valence-corrected chi connectivity index (χ0v) is 14.4. The number of ether oxygens (including phenoxy) is 1. The fraction of sp³-hybridized carbons (Fsp3) is 0.250. The first kappa shape index (κ1) is 16.6. The van der Waals surface area contributed by atoms with Gasteiger partial charge in [0.1, 0.15) is 5.82 Å². The standard InChI is InChI=1S/C20H20N4O2/c25-19-12-18(17-5-2-6-21-13-17)22-20(23-19)16-4-1-3-15(11-16)14-24-7-9-26-10-8-24/h1-6,11-13H,7-10,14H2,(H,22,23,25). The predicted octanol–water partition coefficient (Wildman–Crippen LogP) is 2.33. The SMILES string of the molecule is O=c1cc(-c2cccnc2)nc(-c2cccc(CN3CCOCC3)c2)[nH]1. The van der Waals surface area contributed by atoms with E-state index in [4.69, 9.17) is 4.74 Å². The summed E-state index contributed by atoms with van der Waals surface area (Å²) in [7, 11) is 0. The van der Waals surface area contributed by atoms with Gasteiger partial charge in [0, 0.05) is 49.2 Å². The number of aromatic amines is 1. The van der Waals surface area contributed by atoms with Crippen LogP contribution in [0, 0.1) is 0 Å². The van der Waals surface area contributed by atoms with Gasteiger partial charge in [0.2, 0.25) is 0 Å².